The molecular weight excluding hydrogens is 260 g/mol. The molecule has 0 spiro atoms. The smallest absolute Gasteiger partial charge is 0.345 e. The molecule has 86 valence electrons. The lowest BCUT2D eigenvalue weighted by Crippen LogP contribution is -2.02. The van der Waals surface area contributed by atoms with Gasteiger partial charge >= 0.3 is 5.97 Å². The van der Waals surface area contributed by atoms with Crippen LogP contribution in [0.4, 0.5) is 0 Å². The molecule has 1 aliphatic rings. The zero-order valence-electron chi connectivity index (χ0n) is 8.57. The van der Waals surface area contributed by atoms with Crippen LogP contribution in [-0.4, -0.2) is 11.1 Å². The van der Waals surface area contributed by atoms with E-state index in [4.69, 9.17) is 21.4 Å². The maximum Gasteiger partial charge on any atom is 0.345 e. The number of fused-ring (bicyclic) bond motifs is 3. The Bertz CT molecular complexity index is 618. The van der Waals surface area contributed by atoms with Gasteiger partial charge in [0.05, 0.1) is 0 Å². The second-order valence-electron chi connectivity index (χ2n) is 3.70. The van der Waals surface area contributed by atoms with E-state index in [1.165, 1.54) is 11.3 Å². The Morgan fingerprint density at radius 3 is 3.00 bits per heavy atom. The van der Waals surface area contributed by atoms with E-state index in [1.807, 2.05) is 6.07 Å². The van der Waals surface area contributed by atoms with Crippen LogP contribution in [0.1, 0.15) is 15.2 Å². The summed E-state index contributed by atoms with van der Waals surface area (Å²) in [4.78, 5) is 12.2. The van der Waals surface area contributed by atoms with Crippen LogP contribution in [0.2, 0.25) is 5.02 Å². The average Bonchev–Trinajstić information content (AvgIpc) is 2.72. The number of hydrogen-bond acceptors (Lipinski definition) is 3. The van der Waals surface area contributed by atoms with Crippen molar-refractivity contribution in [1.29, 1.82) is 0 Å². The zero-order valence-corrected chi connectivity index (χ0v) is 10.1. The van der Waals surface area contributed by atoms with Crippen LogP contribution >= 0.6 is 22.9 Å². The number of halogens is 1. The van der Waals surface area contributed by atoms with Crippen molar-refractivity contribution in [3.8, 4) is 16.2 Å². The molecule has 1 aromatic heterocycles. The van der Waals surface area contributed by atoms with Gasteiger partial charge in [0.25, 0.3) is 0 Å². The lowest BCUT2D eigenvalue weighted by molar-refractivity contribution is 0.0702. The summed E-state index contributed by atoms with van der Waals surface area (Å²) in [7, 11) is 0. The van der Waals surface area contributed by atoms with Gasteiger partial charge in [-0.25, -0.2) is 4.79 Å². The molecule has 0 saturated heterocycles. The van der Waals surface area contributed by atoms with Crippen LogP contribution < -0.4 is 4.74 Å². The number of aromatic carboxylic acids is 1. The Morgan fingerprint density at radius 1 is 1.41 bits per heavy atom. The number of thiophene rings is 1. The molecule has 0 atom stereocenters. The van der Waals surface area contributed by atoms with Crippen molar-refractivity contribution in [2.75, 3.05) is 0 Å². The number of benzene rings is 1. The largest absolute Gasteiger partial charge is 0.488 e. The van der Waals surface area contributed by atoms with Crippen molar-refractivity contribution in [2.24, 2.45) is 0 Å². The van der Waals surface area contributed by atoms with Gasteiger partial charge < -0.3 is 9.84 Å². The minimum absolute atomic E-state index is 0.335. The standard InChI is InChI=1S/C12H7ClO3S/c13-7-1-2-8-9(4-7)16-5-6-3-10(12(14)15)17-11(6)8/h1-4H,5H2,(H,14,15). The van der Waals surface area contributed by atoms with Crippen LogP contribution in [0.15, 0.2) is 24.3 Å². The fourth-order valence-corrected chi connectivity index (χ4v) is 3.03. The first-order valence-corrected chi connectivity index (χ1v) is 6.13. The molecule has 0 saturated carbocycles. The predicted octanol–water partition coefficient (Wildman–Crippen LogP) is 3.66. The number of carboxylic acids is 1. The van der Waals surface area contributed by atoms with Gasteiger partial charge in [0.15, 0.2) is 0 Å². The summed E-state index contributed by atoms with van der Waals surface area (Å²) in [5, 5.41) is 9.59. The minimum atomic E-state index is -0.903. The highest BCUT2D eigenvalue weighted by Crippen LogP contribution is 2.43. The molecule has 2 heterocycles. The van der Waals surface area contributed by atoms with E-state index in [1.54, 1.807) is 18.2 Å². The van der Waals surface area contributed by atoms with E-state index in [-0.39, 0.29) is 0 Å². The maximum absolute atomic E-state index is 10.9. The number of ether oxygens (including phenoxy) is 1. The number of rotatable bonds is 1. The molecule has 1 N–H and O–H groups in total. The molecule has 1 aliphatic heterocycles. The van der Waals surface area contributed by atoms with E-state index < -0.39 is 5.97 Å². The summed E-state index contributed by atoms with van der Waals surface area (Å²) < 4.78 is 5.55. The van der Waals surface area contributed by atoms with Crippen molar-refractivity contribution >= 4 is 28.9 Å². The second kappa shape index (κ2) is 3.75. The third-order valence-electron chi connectivity index (χ3n) is 2.59. The van der Waals surface area contributed by atoms with Crippen LogP contribution in [0, 0.1) is 0 Å². The summed E-state index contributed by atoms with van der Waals surface area (Å²) >= 11 is 7.16. The molecule has 1 aromatic carbocycles. The third kappa shape index (κ3) is 1.69. The number of carbonyl (C=O) groups is 1. The Kier molecular flexibility index (Phi) is 2.34. The molecule has 17 heavy (non-hydrogen) atoms. The van der Waals surface area contributed by atoms with E-state index >= 15 is 0 Å². The molecule has 2 aromatic rings. The monoisotopic (exact) mass is 266 g/mol. The minimum Gasteiger partial charge on any atom is -0.488 e. The summed E-state index contributed by atoms with van der Waals surface area (Å²) in [5.74, 6) is -0.191. The fourth-order valence-electron chi connectivity index (χ4n) is 1.83. The van der Waals surface area contributed by atoms with Crippen LogP contribution in [0.3, 0.4) is 0 Å². The Labute approximate surface area is 106 Å². The second-order valence-corrected chi connectivity index (χ2v) is 5.19. The van der Waals surface area contributed by atoms with E-state index in [2.05, 4.69) is 0 Å². The number of hydrogen-bond donors (Lipinski definition) is 1. The molecule has 0 fully saturated rings. The molecule has 3 nitrogen and oxygen atoms in total. The maximum atomic E-state index is 10.9. The fraction of sp³-hybridized carbons (Fsp3) is 0.0833. The first-order valence-electron chi connectivity index (χ1n) is 4.94. The van der Waals surface area contributed by atoms with Gasteiger partial charge in [0, 0.05) is 21.0 Å². The van der Waals surface area contributed by atoms with Crippen LogP contribution in [0.5, 0.6) is 5.75 Å². The summed E-state index contributed by atoms with van der Waals surface area (Å²) in [6, 6.07) is 7.05. The molecule has 0 aliphatic carbocycles. The highest BCUT2D eigenvalue weighted by Gasteiger charge is 2.22. The van der Waals surface area contributed by atoms with E-state index in [9.17, 15) is 4.79 Å². The molecule has 0 amide bonds. The predicted molar refractivity (Wildman–Crippen MR) is 66.1 cm³/mol. The van der Waals surface area contributed by atoms with E-state index in [0.29, 0.717) is 22.3 Å². The third-order valence-corrected chi connectivity index (χ3v) is 4.02. The average molecular weight is 267 g/mol. The molecule has 0 unspecified atom stereocenters. The van der Waals surface area contributed by atoms with Gasteiger partial charge in [-0.3, -0.25) is 0 Å². The summed E-state index contributed by atoms with van der Waals surface area (Å²) in [6.07, 6.45) is 0. The quantitative estimate of drug-likeness (QED) is 0.857. The van der Waals surface area contributed by atoms with Crippen molar-refractivity contribution in [2.45, 2.75) is 6.61 Å². The molecular formula is C12H7ClO3S. The van der Waals surface area contributed by atoms with Crippen molar-refractivity contribution in [3.05, 3.63) is 39.7 Å². The van der Waals surface area contributed by atoms with E-state index in [0.717, 1.165) is 16.0 Å². The zero-order chi connectivity index (χ0) is 12.0. The van der Waals surface area contributed by atoms with Gasteiger partial charge in [-0.1, -0.05) is 11.6 Å². The molecule has 0 bridgehead atoms. The molecule has 3 rings (SSSR count). The highest BCUT2D eigenvalue weighted by molar-refractivity contribution is 7.17. The van der Waals surface area contributed by atoms with Gasteiger partial charge in [0.1, 0.15) is 17.2 Å². The lowest BCUT2D eigenvalue weighted by atomic mass is 10.1. The molecule has 5 heteroatoms. The summed E-state index contributed by atoms with van der Waals surface area (Å²) in [5.41, 5.74) is 1.83. The summed E-state index contributed by atoms with van der Waals surface area (Å²) in [6.45, 7) is 0.395. The number of carboxylic acid groups (broad SMARTS) is 1. The van der Waals surface area contributed by atoms with Crippen molar-refractivity contribution < 1.29 is 14.6 Å². The normalized spacial score (nSPS) is 12.5. The van der Waals surface area contributed by atoms with Crippen molar-refractivity contribution in [3.63, 3.8) is 0 Å². The Morgan fingerprint density at radius 2 is 2.24 bits per heavy atom. The topological polar surface area (TPSA) is 46.5 Å². The van der Waals surface area contributed by atoms with Crippen LogP contribution in [-0.2, 0) is 6.61 Å². The SMILES string of the molecule is O=C(O)c1cc2c(s1)-c1ccc(Cl)cc1OC2. The van der Waals surface area contributed by atoms with Gasteiger partial charge in [-0.15, -0.1) is 11.3 Å². The van der Waals surface area contributed by atoms with Gasteiger partial charge in [-0.05, 0) is 24.3 Å². The Hall–Kier alpha value is -1.52. The molecule has 0 radical (unpaired) electrons. The van der Waals surface area contributed by atoms with Crippen molar-refractivity contribution in [1.82, 2.24) is 0 Å². The van der Waals surface area contributed by atoms with Crippen LogP contribution in [0.25, 0.3) is 10.4 Å². The Balaban J connectivity index is 2.19. The van der Waals surface area contributed by atoms with Gasteiger partial charge in [0.2, 0.25) is 0 Å². The highest BCUT2D eigenvalue weighted by atomic mass is 35.5. The van der Waals surface area contributed by atoms with Gasteiger partial charge in [-0.2, -0.15) is 0 Å². The first-order chi connectivity index (χ1) is 8.15. The first kappa shape index (κ1) is 10.6. The lowest BCUT2D eigenvalue weighted by Gasteiger charge is -2.17.